The minimum absolute atomic E-state index is 0.264. The first kappa shape index (κ1) is 17.8. The Hall–Kier alpha value is -2.05. The standard InChI is InChI=1S/C18H18ClN3O2S/c1-18(2)16(23)22(13-4-5-15(25-3)14(19)10-13)17(24)21(18)11-12-6-8-20-9-7-12/h4-10H,11H2,1-3H3. The summed E-state index contributed by atoms with van der Waals surface area (Å²) in [5, 5.41) is 0.524. The summed E-state index contributed by atoms with van der Waals surface area (Å²) in [5.41, 5.74) is 0.468. The number of pyridine rings is 1. The lowest BCUT2D eigenvalue weighted by Gasteiger charge is -2.27. The number of hydrogen-bond donors (Lipinski definition) is 0. The zero-order chi connectivity index (χ0) is 18.2. The average molecular weight is 376 g/mol. The zero-order valence-electron chi connectivity index (χ0n) is 14.2. The molecule has 0 bridgehead atoms. The molecule has 0 N–H and O–H groups in total. The summed E-state index contributed by atoms with van der Waals surface area (Å²) >= 11 is 7.76. The van der Waals surface area contributed by atoms with Crippen LogP contribution in [0.15, 0.2) is 47.6 Å². The molecule has 1 aliphatic rings. The van der Waals surface area contributed by atoms with Crippen molar-refractivity contribution in [3.8, 4) is 0 Å². The number of amides is 3. The highest BCUT2D eigenvalue weighted by Crippen LogP contribution is 2.36. The number of imide groups is 1. The van der Waals surface area contributed by atoms with E-state index in [-0.39, 0.29) is 11.9 Å². The lowest BCUT2D eigenvalue weighted by atomic mass is 10.0. The number of hydrogen-bond acceptors (Lipinski definition) is 4. The Morgan fingerprint density at radius 2 is 1.84 bits per heavy atom. The maximum Gasteiger partial charge on any atom is 0.332 e. The van der Waals surface area contributed by atoms with E-state index in [0.717, 1.165) is 10.5 Å². The van der Waals surface area contributed by atoms with Crippen molar-refractivity contribution in [2.45, 2.75) is 30.8 Å². The van der Waals surface area contributed by atoms with Gasteiger partial charge in [0, 0.05) is 23.8 Å². The van der Waals surface area contributed by atoms with Crippen LogP contribution >= 0.6 is 23.4 Å². The van der Waals surface area contributed by atoms with E-state index in [2.05, 4.69) is 4.98 Å². The molecule has 0 radical (unpaired) electrons. The van der Waals surface area contributed by atoms with E-state index in [0.29, 0.717) is 17.3 Å². The molecule has 3 rings (SSSR count). The van der Waals surface area contributed by atoms with Crippen molar-refractivity contribution in [3.63, 3.8) is 0 Å². The second-order valence-corrected chi connectivity index (χ2v) is 7.50. The van der Waals surface area contributed by atoms with Crippen LogP contribution in [0.25, 0.3) is 0 Å². The third kappa shape index (κ3) is 3.12. The van der Waals surface area contributed by atoms with Crippen LogP contribution in [0, 0.1) is 0 Å². The number of benzene rings is 1. The normalized spacial score (nSPS) is 16.6. The van der Waals surface area contributed by atoms with Gasteiger partial charge in [0.1, 0.15) is 5.54 Å². The van der Waals surface area contributed by atoms with E-state index in [9.17, 15) is 9.59 Å². The summed E-state index contributed by atoms with van der Waals surface area (Å²) in [5.74, 6) is -0.264. The molecule has 7 heteroatoms. The Morgan fingerprint density at radius 1 is 1.16 bits per heavy atom. The molecule has 25 heavy (non-hydrogen) atoms. The van der Waals surface area contributed by atoms with Gasteiger partial charge in [0.25, 0.3) is 5.91 Å². The molecule has 2 heterocycles. The highest BCUT2D eigenvalue weighted by Gasteiger charge is 2.51. The van der Waals surface area contributed by atoms with Gasteiger partial charge in [-0.05, 0) is 56.0 Å². The Bertz CT molecular complexity index is 826. The van der Waals surface area contributed by atoms with E-state index < -0.39 is 5.54 Å². The van der Waals surface area contributed by atoms with E-state index >= 15 is 0 Å². The Balaban J connectivity index is 1.95. The van der Waals surface area contributed by atoms with E-state index in [4.69, 9.17) is 11.6 Å². The molecule has 5 nitrogen and oxygen atoms in total. The van der Waals surface area contributed by atoms with Gasteiger partial charge < -0.3 is 4.90 Å². The Labute approximate surface area is 156 Å². The minimum atomic E-state index is -0.939. The monoisotopic (exact) mass is 375 g/mol. The predicted octanol–water partition coefficient (Wildman–Crippen LogP) is 4.20. The third-order valence-electron chi connectivity index (χ3n) is 4.31. The van der Waals surface area contributed by atoms with Gasteiger partial charge in [0.05, 0.1) is 10.7 Å². The number of rotatable bonds is 4. The first-order chi connectivity index (χ1) is 11.9. The molecule has 0 spiro atoms. The lowest BCUT2D eigenvalue weighted by Crippen LogP contribution is -2.43. The minimum Gasteiger partial charge on any atom is -0.305 e. The molecule has 1 aromatic carbocycles. The van der Waals surface area contributed by atoms with Crippen LogP contribution in [0.2, 0.25) is 5.02 Å². The quantitative estimate of drug-likeness (QED) is 0.593. The van der Waals surface area contributed by atoms with Gasteiger partial charge in [-0.25, -0.2) is 9.69 Å². The molecule has 1 fully saturated rings. The first-order valence-electron chi connectivity index (χ1n) is 7.75. The van der Waals surface area contributed by atoms with Crippen molar-refractivity contribution in [1.82, 2.24) is 9.88 Å². The second-order valence-electron chi connectivity index (χ2n) is 6.24. The van der Waals surface area contributed by atoms with Crippen molar-refractivity contribution < 1.29 is 9.59 Å². The zero-order valence-corrected chi connectivity index (χ0v) is 15.8. The number of carbonyl (C=O) groups excluding carboxylic acids is 2. The van der Waals surface area contributed by atoms with Gasteiger partial charge in [-0.15, -0.1) is 11.8 Å². The van der Waals surface area contributed by atoms with E-state index in [1.165, 1.54) is 16.7 Å². The van der Waals surface area contributed by atoms with Crippen LogP contribution in [0.5, 0.6) is 0 Å². The molecule has 1 saturated heterocycles. The van der Waals surface area contributed by atoms with Crippen molar-refractivity contribution in [2.75, 3.05) is 11.2 Å². The van der Waals surface area contributed by atoms with Gasteiger partial charge in [-0.3, -0.25) is 9.78 Å². The molecule has 0 unspecified atom stereocenters. The predicted molar refractivity (Wildman–Crippen MR) is 100.0 cm³/mol. The number of thioether (sulfide) groups is 1. The van der Waals surface area contributed by atoms with Crippen LogP contribution < -0.4 is 4.90 Å². The molecular formula is C18H18ClN3O2S. The van der Waals surface area contributed by atoms with Gasteiger partial charge in [0.15, 0.2) is 0 Å². The fraction of sp³-hybridized carbons (Fsp3) is 0.278. The number of urea groups is 1. The summed E-state index contributed by atoms with van der Waals surface area (Å²) in [6.07, 6.45) is 5.26. The summed E-state index contributed by atoms with van der Waals surface area (Å²) in [7, 11) is 0. The van der Waals surface area contributed by atoms with Crippen molar-refractivity contribution in [1.29, 1.82) is 0 Å². The summed E-state index contributed by atoms with van der Waals surface area (Å²) in [6, 6.07) is 8.55. The SMILES string of the molecule is CSc1ccc(N2C(=O)N(Cc3ccncc3)C(C)(C)C2=O)cc1Cl. The summed E-state index contributed by atoms with van der Waals surface area (Å²) in [4.78, 5) is 33.5. The van der Waals surface area contributed by atoms with Crippen molar-refractivity contribution in [2.24, 2.45) is 0 Å². The topological polar surface area (TPSA) is 53.5 Å². The van der Waals surface area contributed by atoms with E-state index in [1.54, 1.807) is 43.3 Å². The summed E-state index contributed by atoms with van der Waals surface area (Å²) < 4.78 is 0. The van der Waals surface area contributed by atoms with Crippen LogP contribution in [-0.2, 0) is 11.3 Å². The number of anilines is 1. The molecule has 0 aliphatic carbocycles. The molecule has 0 atom stereocenters. The van der Waals surface area contributed by atoms with Gasteiger partial charge in [-0.2, -0.15) is 0 Å². The van der Waals surface area contributed by atoms with Crippen LogP contribution in [-0.4, -0.2) is 33.6 Å². The fourth-order valence-electron chi connectivity index (χ4n) is 2.79. The smallest absolute Gasteiger partial charge is 0.305 e. The molecule has 3 amide bonds. The van der Waals surface area contributed by atoms with Crippen LogP contribution in [0.4, 0.5) is 10.5 Å². The van der Waals surface area contributed by atoms with Gasteiger partial charge >= 0.3 is 6.03 Å². The Kier molecular flexibility index (Phi) is 4.75. The van der Waals surface area contributed by atoms with Gasteiger partial charge in [0.2, 0.25) is 0 Å². The fourth-order valence-corrected chi connectivity index (χ4v) is 3.66. The van der Waals surface area contributed by atoms with Crippen LogP contribution in [0.1, 0.15) is 19.4 Å². The Morgan fingerprint density at radius 3 is 2.44 bits per heavy atom. The number of nitrogens with zero attached hydrogens (tertiary/aromatic N) is 3. The number of halogens is 1. The van der Waals surface area contributed by atoms with Gasteiger partial charge in [-0.1, -0.05) is 11.6 Å². The largest absolute Gasteiger partial charge is 0.332 e. The number of carbonyl (C=O) groups is 2. The third-order valence-corrected chi connectivity index (χ3v) is 5.53. The molecule has 0 saturated carbocycles. The maximum absolute atomic E-state index is 13.0. The first-order valence-corrected chi connectivity index (χ1v) is 9.35. The molecule has 2 aromatic rings. The highest BCUT2D eigenvalue weighted by molar-refractivity contribution is 7.98. The van der Waals surface area contributed by atoms with Crippen molar-refractivity contribution >= 4 is 41.0 Å². The summed E-state index contributed by atoms with van der Waals surface area (Å²) in [6.45, 7) is 3.85. The second kappa shape index (κ2) is 6.69. The molecular weight excluding hydrogens is 358 g/mol. The average Bonchev–Trinajstić information content (AvgIpc) is 2.76. The molecule has 1 aromatic heterocycles. The van der Waals surface area contributed by atoms with Crippen molar-refractivity contribution in [3.05, 3.63) is 53.3 Å². The van der Waals surface area contributed by atoms with E-state index in [1.807, 2.05) is 24.5 Å². The maximum atomic E-state index is 13.0. The lowest BCUT2D eigenvalue weighted by molar-refractivity contribution is -0.123. The number of aromatic nitrogens is 1. The highest BCUT2D eigenvalue weighted by atomic mass is 35.5. The molecule has 130 valence electrons. The molecule has 1 aliphatic heterocycles. The van der Waals surface area contributed by atoms with Crippen LogP contribution in [0.3, 0.4) is 0 Å².